The highest BCUT2D eigenvalue weighted by Gasteiger charge is 2.41. The van der Waals surface area contributed by atoms with Gasteiger partial charge in [-0.25, -0.2) is 0 Å². The lowest BCUT2D eigenvalue weighted by molar-refractivity contribution is -0.182. The van der Waals surface area contributed by atoms with Crippen LogP contribution in [-0.4, -0.2) is 23.7 Å². The standard InChI is InChI=1S/C14H19F3N2/c15-14(16,17)12-1-3-13(4-2-12)19-10-7-11-5-8-18-9-6-11/h5-6,8-9,12-13,19H,1-4,7,10H2. The van der Waals surface area contributed by atoms with Crippen molar-refractivity contribution < 1.29 is 13.2 Å². The van der Waals surface area contributed by atoms with Crippen molar-refractivity contribution in [2.24, 2.45) is 5.92 Å². The van der Waals surface area contributed by atoms with Crippen LogP contribution in [0.2, 0.25) is 0 Å². The number of halogens is 3. The number of alkyl halides is 3. The Morgan fingerprint density at radius 3 is 2.32 bits per heavy atom. The highest BCUT2D eigenvalue weighted by molar-refractivity contribution is 5.09. The summed E-state index contributed by atoms with van der Waals surface area (Å²) in [7, 11) is 0. The van der Waals surface area contributed by atoms with Gasteiger partial charge in [-0.3, -0.25) is 4.98 Å². The van der Waals surface area contributed by atoms with Gasteiger partial charge in [-0.1, -0.05) is 0 Å². The molecule has 0 amide bonds. The van der Waals surface area contributed by atoms with Crippen LogP contribution in [0.3, 0.4) is 0 Å². The second-order valence-electron chi connectivity index (χ2n) is 5.15. The maximum Gasteiger partial charge on any atom is 0.391 e. The van der Waals surface area contributed by atoms with Crippen molar-refractivity contribution >= 4 is 0 Å². The Hall–Kier alpha value is -1.10. The third-order valence-corrected chi connectivity index (χ3v) is 3.79. The molecule has 106 valence electrons. The molecule has 1 aliphatic carbocycles. The molecule has 1 heterocycles. The third kappa shape index (κ3) is 4.49. The zero-order valence-corrected chi connectivity index (χ0v) is 10.8. The van der Waals surface area contributed by atoms with Crippen LogP contribution in [0.4, 0.5) is 13.2 Å². The Morgan fingerprint density at radius 2 is 1.74 bits per heavy atom. The summed E-state index contributed by atoms with van der Waals surface area (Å²) in [4.78, 5) is 3.95. The molecule has 5 heteroatoms. The first kappa shape index (κ1) is 14.3. The molecular weight excluding hydrogens is 253 g/mol. The summed E-state index contributed by atoms with van der Waals surface area (Å²) in [6.45, 7) is 0.811. The normalized spacial score (nSPS) is 24.4. The molecular formula is C14H19F3N2. The smallest absolute Gasteiger partial charge is 0.314 e. The van der Waals surface area contributed by atoms with Gasteiger partial charge >= 0.3 is 6.18 Å². The summed E-state index contributed by atoms with van der Waals surface area (Å²) < 4.78 is 37.5. The summed E-state index contributed by atoms with van der Waals surface area (Å²) in [6.07, 6.45) is 2.16. The number of hydrogen-bond acceptors (Lipinski definition) is 2. The van der Waals surface area contributed by atoms with Crippen molar-refractivity contribution in [3.05, 3.63) is 30.1 Å². The summed E-state index contributed by atoms with van der Waals surface area (Å²) in [5.74, 6) is -1.09. The molecule has 1 saturated carbocycles. The minimum absolute atomic E-state index is 0.237. The molecule has 2 rings (SSSR count). The maximum absolute atomic E-state index is 12.5. The molecule has 0 aliphatic heterocycles. The van der Waals surface area contributed by atoms with Gasteiger partial charge < -0.3 is 5.32 Å². The lowest BCUT2D eigenvalue weighted by Crippen LogP contribution is -2.37. The number of nitrogens with one attached hydrogen (secondary N) is 1. The molecule has 0 bridgehead atoms. The zero-order valence-electron chi connectivity index (χ0n) is 10.8. The number of hydrogen-bond donors (Lipinski definition) is 1. The Morgan fingerprint density at radius 1 is 1.11 bits per heavy atom. The third-order valence-electron chi connectivity index (χ3n) is 3.79. The number of rotatable bonds is 4. The fourth-order valence-corrected chi connectivity index (χ4v) is 2.59. The molecule has 2 nitrogen and oxygen atoms in total. The summed E-state index contributed by atoms with van der Waals surface area (Å²) in [5.41, 5.74) is 1.20. The fourth-order valence-electron chi connectivity index (χ4n) is 2.59. The molecule has 1 aromatic rings. The van der Waals surface area contributed by atoms with Crippen LogP contribution in [0, 0.1) is 5.92 Å². The second kappa shape index (κ2) is 6.37. The summed E-state index contributed by atoms with van der Waals surface area (Å²) in [5, 5.41) is 3.35. The first-order valence-electron chi connectivity index (χ1n) is 6.74. The van der Waals surface area contributed by atoms with E-state index in [1.807, 2.05) is 12.1 Å². The zero-order chi connectivity index (χ0) is 13.7. The predicted octanol–water partition coefficient (Wildman–Crippen LogP) is 3.33. The quantitative estimate of drug-likeness (QED) is 0.909. The predicted molar refractivity (Wildman–Crippen MR) is 67.7 cm³/mol. The van der Waals surface area contributed by atoms with E-state index in [0.29, 0.717) is 12.8 Å². The van der Waals surface area contributed by atoms with E-state index in [1.54, 1.807) is 12.4 Å². The minimum atomic E-state index is -4.01. The van der Waals surface area contributed by atoms with Gasteiger partial charge in [0.15, 0.2) is 0 Å². The molecule has 0 saturated heterocycles. The second-order valence-corrected chi connectivity index (χ2v) is 5.15. The van der Waals surface area contributed by atoms with Crippen LogP contribution < -0.4 is 5.32 Å². The van der Waals surface area contributed by atoms with E-state index in [2.05, 4.69) is 10.3 Å². The van der Waals surface area contributed by atoms with Crippen molar-refractivity contribution in [3.63, 3.8) is 0 Å². The average Bonchev–Trinajstić information content (AvgIpc) is 2.39. The van der Waals surface area contributed by atoms with E-state index in [9.17, 15) is 13.2 Å². The SMILES string of the molecule is FC(F)(F)C1CCC(NCCc2ccncc2)CC1. The lowest BCUT2D eigenvalue weighted by atomic mass is 9.85. The Labute approximate surface area is 111 Å². The largest absolute Gasteiger partial charge is 0.391 e. The number of pyridine rings is 1. The van der Waals surface area contributed by atoms with Gasteiger partial charge in [-0.05, 0) is 56.3 Å². The molecule has 1 N–H and O–H groups in total. The van der Waals surface area contributed by atoms with E-state index in [-0.39, 0.29) is 18.9 Å². The topological polar surface area (TPSA) is 24.9 Å². The highest BCUT2D eigenvalue weighted by Crippen LogP contribution is 2.37. The van der Waals surface area contributed by atoms with Crippen molar-refractivity contribution in [2.45, 2.75) is 44.3 Å². The van der Waals surface area contributed by atoms with Crippen LogP contribution in [0.1, 0.15) is 31.2 Å². The van der Waals surface area contributed by atoms with Gasteiger partial charge in [0.05, 0.1) is 5.92 Å². The van der Waals surface area contributed by atoms with Crippen molar-refractivity contribution in [1.29, 1.82) is 0 Å². The van der Waals surface area contributed by atoms with E-state index in [1.165, 1.54) is 5.56 Å². The van der Waals surface area contributed by atoms with Crippen LogP contribution in [0.15, 0.2) is 24.5 Å². The molecule has 0 atom stereocenters. The van der Waals surface area contributed by atoms with Gasteiger partial charge in [-0.2, -0.15) is 13.2 Å². The highest BCUT2D eigenvalue weighted by atomic mass is 19.4. The summed E-state index contributed by atoms with van der Waals surface area (Å²) >= 11 is 0. The molecule has 0 aromatic carbocycles. The minimum Gasteiger partial charge on any atom is -0.314 e. The Bertz CT molecular complexity index is 370. The molecule has 1 aromatic heterocycles. The number of aromatic nitrogens is 1. The van der Waals surface area contributed by atoms with E-state index in [4.69, 9.17) is 0 Å². The Kier molecular flexibility index (Phi) is 4.80. The van der Waals surface area contributed by atoms with Gasteiger partial charge in [0, 0.05) is 18.4 Å². The van der Waals surface area contributed by atoms with Crippen molar-refractivity contribution in [3.8, 4) is 0 Å². The van der Waals surface area contributed by atoms with Gasteiger partial charge in [0.1, 0.15) is 0 Å². The molecule has 1 aliphatic rings. The monoisotopic (exact) mass is 272 g/mol. The fraction of sp³-hybridized carbons (Fsp3) is 0.643. The van der Waals surface area contributed by atoms with Crippen LogP contribution >= 0.6 is 0 Å². The van der Waals surface area contributed by atoms with Gasteiger partial charge in [0.2, 0.25) is 0 Å². The van der Waals surface area contributed by atoms with Crippen molar-refractivity contribution in [2.75, 3.05) is 6.54 Å². The number of nitrogens with zero attached hydrogens (tertiary/aromatic N) is 1. The van der Waals surface area contributed by atoms with Crippen LogP contribution in [0.25, 0.3) is 0 Å². The Balaban J connectivity index is 1.66. The molecule has 1 fully saturated rings. The molecule has 0 radical (unpaired) electrons. The van der Waals surface area contributed by atoms with E-state index < -0.39 is 12.1 Å². The maximum atomic E-state index is 12.5. The first-order chi connectivity index (χ1) is 9.05. The average molecular weight is 272 g/mol. The van der Waals surface area contributed by atoms with E-state index in [0.717, 1.165) is 13.0 Å². The molecule has 19 heavy (non-hydrogen) atoms. The molecule has 0 spiro atoms. The summed E-state index contributed by atoms with van der Waals surface area (Å²) in [6, 6.07) is 4.16. The first-order valence-corrected chi connectivity index (χ1v) is 6.74. The van der Waals surface area contributed by atoms with Crippen molar-refractivity contribution in [1.82, 2.24) is 10.3 Å². The van der Waals surface area contributed by atoms with Crippen LogP contribution in [0.5, 0.6) is 0 Å². The van der Waals surface area contributed by atoms with Gasteiger partial charge in [0.25, 0.3) is 0 Å². The lowest BCUT2D eigenvalue weighted by Gasteiger charge is -2.30. The van der Waals surface area contributed by atoms with E-state index >= 15 is 0 Å². The van der Waals surface area contributed by atoms with Gasteiger partial charge in [-0.15, -0.1) is 0 Å². The van der Waals surface area contributed by atoms with Crippen LogP contribution in [-0.2, 0) is 6.42 Å². The molecule has 0 unspecified atom stereocenters.